The van der Waals surface area contributed by atoms with E-state index in [4.69, 9.17) is 10.2 Å². The van der Waals surface area contributed by atoms with Gasteiger partial charge in [-0.05, 0) is 0 Å². The predicted octanol–water partition coefficient (Wildman–Crippen LogP) is -1.16. The Morgan fingerprint density at radius 2 is 1.67 bits per heavy atom. The summed E-state index contributed by atoms with van der Waals surface area (Å²) in [5.74, 6) is -4.54. The van der Waals surface area contributed by atoms with Crippen molar-refractivity contribution in [1.29, 1.82) is 0 Å². The fraction of sp³-hybridized carbons (Fsp3) is 0.250. The highest BCUT2D eigenvalue weighted by atomic mass is 16.4. The molecule has 0 saturated heterocycles. The molecule has 0 bridgehead atoms. The van der Waals surface area contributed by atoms with E-state index in [0.29, 0.717) is 4.90 Å². The summed E-state index contributed by atoms with van der Waals surface area (Å²) >= 11 is 0. The summed E-state index contributed by atoms with van der Waals surface area (Å²) in [7, 11) is 0. The minimum atomic E-state index is -1.66. The quantitative estimate of drug-likeness (QED) is 0.569. The van der Waals surface area contributed by atoms with Gasteiger partial charge in [0.05, 0.1) is 6.42 Å². The number of nitrogens with zero attached hydrogens (tertiary/aromatic N) is 1. The molecule has 2 N–H and O–H groups in total. The Morgan fingerprint density at radius 3 is 2.00 bits per heavy atom. The van der Waals surface area contributed by atoms with E-state index in [1.165, 1.54) is 0 Å². The van der Waals surface area contributed by atoms with E-state index >= 15 is 0 Å². The minimum absolute atomic E-state index is 0.413. The highest BCUT2D eigenvalue weighted by Crippen LogP contribution is 2.12. The molecular formula is C8H7NO6. The molecule has 1 heterocycles. The van der Waals surface area contributed by atoms with Gasteiger partial charge in [0, 0.05) is 12.2 Å². The lowest BCUT2D eigenvalue weighted by Gasteiger charge is -2.20. The highest BCUT2D eigenvalue weighted by Gasteiger charge is 2.37. The molecule has 0 saturated carbocycles. The number of carboxylic acids is 2. The standard InChI is InChI=1S/C8H7NO6/c10-5-1-2-6(11)9(5)4(8(14)15)3-7(12)13/h1-2,4H,3H2,(H,12,13)(H,14,15)/t4-/m1/s1. The van der Waals surface area contributed by atoms with Crippen LogP contribution in [0.4, 0.5) is 0 Å². The van der Waals surface area contributed by atoms with Crippen LogP contribution >= 0.6 is 0 Å². The van der Waals surface area contributed by atoms with E-state index in [2.05, 4.69) is 0 Å². The van der Waals surface area contributed by atoms with E-state index in [1.807, 2.05) is 0 Å². The van der Waals surface area contributed by atoms with Crippen LogP contribution in [0.25, 0.3) is 0 Å². The third kappa shape index (κ3) is 2.19. The van der Waals surface area contributed by atoms with Gasteiger partial charge in [-0.25, -0.2) is 4.79 Å². The third-order valence-corrected chi connectivity index (χ3v) is 1.81. The fourth-order valence-corrected chi connectivity index (χ4v) is 1.17. The number of imide groups is 1. The molecule has 7 heteroatoms. The van der Waals surface area contributed by atoms with Gasteiger partial charge in [0.15, 0.2) is 0 Å². The van der Waals surface area contributed by atoms with Crippen LogP contribution in [-0.2, 0) is 19.2 Å². The first-order chi connectivity index (χ1) is 6.93. The van der Waals surface area contributed by atoms with E-state index in [0.717, 1.165) is 12.2 Å². The van der Waals surface area contributed by atoms with Gasteiger partial charge < -0.3 is 10.2 Å². The molecule has 0 aromatic rings. The second-order valence-electron chi connectivity index (χ2n) is 2.83. The molecule has 80 valence electrons. The number of amides is 2. The Kier molecular flexibility index (Phi) is 2.84. The first kappa shape index (κ1) is 10.9. The molecule has 0 aliphatic carbocycles. The maximum absolute atomic E-state index is 11.1. The van der Waals surface area contributed by atoms with Crippen LogP contribution in [0.15, 0.2) is 12.2 Å². The normalized spacial score (nSPS) is 16.9. The van der Waals surface area contributed by atoms with Crippen molar-refractivity contribution < 1.29 is 29.4 Å². The van der Waals surface area contributed by atoms with E-state index in [1.54, 1.807) is 0 Å². The number of hydrogen-bond donors (Lipinski definition) is 2. The van der Waals surface area contributed by atoms with Gasteiger partial charge in [-0.2, -0.15) is 0 Å². The van der Waals surface area contributed by atoms with Crippen molar-refractivity contribution in [2.24, 2.45) is 0 Å². The number of carboxylic acid groups (broad SMARTS) is 2. The summed E-state index contributed by atoms with van der Waals surface area (Å²) in [6, 6.07) is -1.66. The fourth-order valence-electron chi connectivity index (χ4n) is 1.17. The van der Waals surface area contributed by atoms with Crippen molar-refractivity contribution in [1.82, 2.24) is 4.90 Å². The Balaban J connectivity index is 2.90. The summed E-state index contributed by atoms with van der Waals surface area (Å²) in [6.45, 7) is 0. The van der Waals surface area contributed by atoms with Gasteiger partial charge in [-0.1, -0.05) is 0 Å². The third-order valence-electron chi connectivity index (χ3n) is 1.81. The van der Waals surface area contributed by atoms with Gasteiger partial charge in [-0.15, -0.1) is 0 Å². The van der Waals surface area contributed by atoms with E-state index in [9.17, 15) is 19.2 Å². The molecule has 0 aromatic heterocycles. The summed E-state index contributed by atoms with van der Waals surface area (Å²) in [4.78, 5) is 43.6. The topological polar surface area (TPSA) is 112 Å². The zero-order valence-electron chi connectivity index (χ0n) is 7.41. The van der Waals surface area contributed by atoms with Crippen LogP contribution in [-0.4, -0.2) is 44.9 Å². The molecule has 0 fully saturated rings. The van der Waals surface area contributed by atoms with Crippen LogP contribution in [0.1, 0.15) is 6.42 Å². The minimum Gasteiger partial charge on any atom is -0.481 e. The number of rotatable bonds is 4. The number of hydrogen-bond acceptors (Lipinski definition) is 4. The summed E-state index contributed by atoms with van der Waals surface area (Å²) in [5, 5.41) is 17.1. The smallest absolute Gasteiger partial charge is 0.327 e. The largest absolute Gasteiger partial charge is 0.481 e. The number of carbonyl (C=O) groups is 4. The lowest BCUT2D eigenvalue weighted by Crippen LogP contribution is -2.46. The average molecular weight is 213 g/mol. The van der Waals surface area contributed by atoms with Gasteiger partial charge >= 0.3 is 11.9 Å². The van der Waals surface area contributed by atoms with Crippen LogP contribution < -0.4 is 0 Å². The van der Waals surface area contributed by atoms with Crippen LogP contribution in [0, 0.1) is 0 Å². The summed E-state index contributed by atoms with van der Waals surface area (Å²) in [6.07, 6.45) is 0.995. The lowest BCUT2D eigenvalue weighted by molar-refractivity contribution is -0.156. The Bertz CT molecular complexity index is 353. The second-order valence-corrected chi connectivity index (χ2v) is 2.83. The van der Waals surface area contributed by atoms with Gasteiger partial charge in [0.2, 0.25) is 0 Å². The summed E-state index contributed by atoms with van der Waals surface area (Å²) < 4.78 is 0. The SMILES string of the molecule is O=C(O)C[C@H](C(=O)O)N1C(=O)C=CC1=O. The molecule has 0 radical (unpaired) electrons. The zero-order valence-corrected chi connectivity index (χ0v) is 7.41. The monoisotopic (exact) mass is 213 g/mol. The predicted molar refractivity (Wildman–Crippen MR) is 44.7 cm³/mol. The van der Waals surface area contributed by atoms with Crippen LogP contribution in [0.3, 0.4) is 0 Å². The van der Waals surface area contributed by atoms with Crippen molar-refractivity contribution in [3.8, 4) is 0 Å². The van der Waals surface area contributed by atoms with Crippen molar-refractivity contribution in [2.45, 2.75) is 12.5 Å². The van der Waals surface area contributed by atoms with Gasteiger partial charge in [-0.3, -0.25) is 19.3 Å². The average Bonchev–Trinajstić information content (AvgIpc) is 2.42. The summed E-state index contributed by atoms with van der Waals surface area (Å²) in [5.41, 5.74) is 0. The molecule has 2 amide bonds. The maximum atomic E-state index is 11.1. The molecule has 1 aliphatic rings. The molecule has 1 aliphatic heterocycles. The zero-order chi connectivity index (χ0) is 11.6. The Morgan fingerprint density at radius 1 is 1.20 bits per heavy atom. The number of carbonyl (C=O) groups excluding carboxylic acids is 2. The van der Waals surface area contributed by atoms with Crippen molar-refractivity contribution >= 4 is 23.8 Å². The molecule has 7 nitrogen and oxygen atoms in total. The van der Waals surface area contributed by atoms with E-state index < -0.39 is 36.2 Å². The van der Waals surface area contributed by atoms with Crippen LogP contribution in [0.5, 0.6) is 0 Å². The molecule has 1 rings (SSSR count). The first-order valence-corrected chi connectivity index (χ1v) is 3.93. The van der Waals surface area contributed by atoms with Crippen molar-refractivity contribution in [3.63, 3.8) is 0 Å². The molecule has 1 atom stereocenters. The first-order valence-electron chi connectivity index (χ1n) is 3.93. The maximum Gasteiger partial charge on any atom is 0.327 e. The molecule has 0 aromatic carbocycles. The lowest BCUT2D eigenvalue weighted by atomic mass is 10.2. The van der Waals surface area contributed by atoms with Crippen molar-refractivity contribution in [2.75, 3.05) is 0 Å². The van der Waals surface area contributed by atoms with Gasteiger partial charge in [0.1, 0.15) is 6.04 Å². The Labute approximate surface area is 83.6 Å². The molecule has 0 spiro atoms. The Hall–Kier alpha value is -2.18. The molecule has 0 unspecified atom stereocenters. The van der Waals surface area contributed by atoms with Gasteiger partial charge in [0.25, 0.3) is 11.8 Å². The van der Waals surface area contributed by atoms with E-state index in [-0.39, 0.29) is 0 Å². The number of aliphatic carboxylic acids is 2. The highest BCUT2D eigenvalue weighted by molar-refractivity contribution is 6.15. The molecule has 15 heavy (non-hydrogen) atoms. The van der Waals surface area contributed by atoms with Crippen molar-refractivity contribution in [3.05, 3.63) is 12.2 Å². The second kappa shape index (κ2) is 3.91. The molecular weight excluding hydrogens is 206 g/mol. The van der Waals surface area contributed by atoms with Crippen LogP contribution in [0.2, 0.25) is 0 Å².